The largest absolute Gasteiger partial charge is 0.103 e. The second-order valence-electron chi connectivity index (χ2n) is 5.07. The van der Waals surface area contributed by atoms with Crippen molar-refractivity contribution in [2.45, 2.75) is 18.8 Å². The third-order valence-electron chi connectivity index (χ3n) is 3.89. The highest BCUT2D eigenvalue weighted by Crippen LogP contribution is 2.38. The SMILES string of the molecule is C=CCc1ccc2cccc3c2c1C=CC3CC=C. The van der Waals surface area contributed by atoms with E-state index in [9.17, 15) is 0 Å². The number of benzene rings is 2. The van der Waals surface area contributed by atoms with Crippen LogP contribution in [0.5, 0.6) is 0 Å². The van der Waals surface area contributed by atoms with Gasteiger partial charge in [-0.2, -0.15) is 0 Å². The van der Waals surface area contributed by atoms with E-state index in [2.05, 4.69) is 55.6 Å². The highest BCUT2D eigenvalue weighted by molar-refractivity contribution is 5.97. The second kappa shape index (κ2) is 4.89. The van der Waals surface area contributed by atoms with Crippen molar-refractivity contribution in [3.63, 3.8) is 0 Å². The van der Waals surface area contributed by atoms with Crippen molar-refractivity contribution in [2.24, 2.45) is 0 Å². The minimum Gasteiger partial charge on any atom is -0.103 e. The first-order valence-electron chi connectivity index (χ1n) is 6.79. The van der Waals surface area contributed by atoms with Crippen LogP contribution >= 0.6 is 0 Å². The summed E-state index contributed by atoms with van der Waals surface area (Å²) in [4.78, 5) is 0. The van der Waals surface area contributed by atoms with Gasteiger partial charge >= 0.3 is 0 Å². The fourth-order valence-corrected chi connectivity index (χ4v) is 3.01. The molecule has 0 saturated carbocycles. The predicted octanol–water partition coefficient (Wildman–Crippen LogP) is 5.25. The molecular weight excluding hydrogens is 228 g/mol. The van der Waals surface area contributed by atoms with E-state index in [-0.39, 0.29) is 0 Å². The summed E-state index contributed by atoms with van der Waals surface area (Å²) in [5, 5.41) is 2.75. The van der Waals surface area contributed by atoms with Crippen LogP contribution in [0.25, 0.3) is 16.8 Å². The van der Waals surface area contributed by atoms with Gasteiger partial charge in [0, 0.05) is 5.92 Å². The molecule has 1 atom stereocenters. The summed E-state index contributed by atoms with van der Waals surface area (Å²) < 4.78 is 0. The van der Waals surface area contributed by atoms with E-state index < -0.39 is 0 Å². The molecule has 0 N–H and O–H groups in total. The fraction of sp³-hybridized carbons (Fsp3) is 0.158. The molecule has 3 rings (SSSR count). The van der Waals surface area contributed by atoms with E-state index in [1.54, 1.807) is 0 Å². The zero-order chi connectivity index (χ0) is 13.2. The molecule has 0 bridgehead atoms. The maximum absolute atomic E-state index is 3.87. The highest BCUT2D eigenvalue weighted by atomic mass is 14.2. The quantitative estimate of drug-likeness (QED) is 0.646. The molecule has 0 fully saturated rings. The standard InChI is InChI=1S/C19H18/c1-3-6-14-10-11-16-8-5-9-17-15(7-4-2)12-13-18(14)19(16)17/h3-5,8-13,15H,1-2,6-7H2. The molecule has 0 radical (unpaired) electrons. The van der Waals surface area contributed by atoms with Crippen molar-refractivity contribution in [3.8, 4) is 0 Å². The topological polar surface area (TPSA) is 0 Å². The first-order valence-corrected chi connectivity index (χ1v) is 6.79. The molecule has 0 aromatic heterocycles. The number of hydrogen-bond acceptors (Lipinski definition) is 0. The molecule has 1 aliphatic carbocycles. The van der Waals surface area contributed by atoms with Crippen LogP contribution in [0.15, 0.2) is 61.7 Å². The van der Waals surface area contributed by atoms with Crippen LogP contribution in [-0.4, -0.2) is 0 Å². The molecule has 94 valence electrons. The van der Waals surface area contributed by atoms with Gasteiger partial charge in [0.1, 0.15) is 0 Å². The molecule has 0 aliphatic heterocycles. The molecule has 0 heteroatoms. The van der Waals surface area contributed by atoms with Crippen molar-refractivity contribution in [3.05, 3.63) is 78.4 Å². The Hall–Kier alpha value is -2.08. The summed E-state index contributed by atoms with van der Waals surface area (Å²) >= 11 is 0. The zero-order valence-electron chi connectivity index (χ0n) is 11.1. The molecule has 0 nitrogen and oxygen atoms in total. The molecule has 0 spiro atoms. The lowest BCUT2D eigenvalue weighted by Crippen LogP contribution is -2.02. The molecule has 0 saturated heterocycles. The van der Waals surface area contributed by atoms with Gasteiger partial charge in [-0.15, -0.1) is 13.2 Å². The Bertz CT molecular complexity index is 674. The van der Waals surface area contributed by atoms with E-state index in [1.165, 1.54) is 27.5 Å². The third kappa shape index (κ3) is 1.94. The van der Waals surface area contributed by atoms with Crippen molar-refractivity contribution < 1.29 is 0 Å². The average molecular weight is 246 g/mol. The molecule has 1 unspecified atom stereocenters. The lowest BCUT2D eigenvalue weighted by atomic mass is 9.82. The predicted molar refractivity (Wildman–Crippen MR) is 84.4 cm³/mol. The van der Waals surface area contributed by atoms with Gasteiger partial charge in [-0.25, -0.2) is 0 Å². The van der Waals surface area contributed by atoms with Crippen LogP contribution in [0.4, 0.5) is 0 Å². The summed E-state index contributed by atoms with van der Waals surface area (Å²) in [6.07, 6.45) is 10.5. The normalized spacial score (nSPS) is 16.5. The van der Waals surface area contributed by atoms with Crippen molar-refractivity contribution in [1.82, 2.24) is 0 Å². The molecule has 0 heterocycles. The van der Waals surface area contributed by atoms with E-state index in [4.69, 9.17) is 0 Å². The van der Waals surface area contributed by atoms with Crippen LogP contribution < -0.4 is 0 Å². The summed E-state index contributed by atoms with van der Waals surface area (Å²) in [6, 6.07) is 11.1. The van der Waals surface area contributed by atoms with Gasteiger partial charge in [-0.3, -0.25) is 0 Å². The summed E-state index contributed by atoms with van der Waals surface area (Å²) in [6.45, 7) is 7.73. The smallest absolute Gasteiger partial charge is 0.00620 e. The van der Waals surface area contributed by atoms with Gasteiger partial charge in [0.05, 0.1) is 0 Å². The number of allylic oxidation sites excluding steroid dienone is 3. The van der Waals surface area contributed by atoms with Crippen LogP contribution in [0.2, 0.25) is 0 Å². The fourth-order valence-electron chi connectivity index (χ4n) is 3.01. The minimum absolute atomic E-state index is 0.465. The summed E-state index contributed by atoms with van der Waals surface area (Å²) in [7, 11) is 0. The molecule has 2 aromatic carbocycles. The Morgan fingerprint density at radius 1 is 1.05 bits per heavy atom. The molecule has 19 heavy (non-hydrogen) atoms. The Kier molecular flexibility index (Phi) is 3.08. The maximum atomic E-state index is 3.87. The molecular formula is C19H18. The number of rotatable bonds is 4. The van der Waals surface area contributed by atoms with E-state index in [1.807, 2.05) is 12.2 Å². The lowest BCUT2D eigenvalue weighted by molar-refractivity contribution is 0.873. The van der Waals surface area contributed by atoms with Crippen molar-refractivity contribution >= 4 is 16.8 Å². The van der Waals surface area contributed by atoms with Gasteiger partial charge in [0.2, 0.25) is 0 Å². The van der Waals surface area contributed by atoms with Crippen LogP contribution in [-0.2, 0) is 6.42 Å². The van der Waals surface area contributed by atoms with E-state index in [0.29, 0.717) is 5.92 Å². The minimum atomic E-state index is 0.465. The molecule has 0 amide bonds. The van der Waals surface area contributed by atoms with E-state index in [0.717, 1.165) is 12.8 Å². The Morgan fingerprint density at radius 3 is 2.74 bits per heavy atom. The van der Waals surface area contributed by atoms with Gasteiger partial charge in [0.25, 0.3) is 0 Å². The van der Waals surface area contributed by atoms with Crippen LogP contribution in [0.1, 0.15) is 29.0 Å². The van der Waals surface area contributed by atoms with Gasteiger partial charge < -0.3 is 0 Å². The van der Waals surface area contributed by atoms with Gasteiger partial charge in [0.15, 0.2) is 0 Å². The van der Waals surface area contributed by atoms with Crippen molar-refractivity contribution in [1.29, 1.82) is 0 Å². The Morgan fingerprint density at radius 2 is 1.95 bits per heavy atom. The second-order valence-corrected chi connectivity index (χ2v) is 5.07. The maximum Gasteiger partial charge on any atom is 0.00620 e. The van der Waals surface area contributed by atoms with E-state index >= 15 is 0 Å². The molecule has 2 aromatic rings. The lowest BCUT2D eigenvalue weighted by Gasteiger charge is -2.22. The highest BCUT2D eigenvalue weighted by Gasteiger charge is 2.17. The first kappa shape index (κ1) is 12.0. The Balaban J connectivity index is 2.28. The van der Waals surface area contributed by atoms with Gasteiger partial charge in [-0.1, -0.05) is 54.6 Å². The van der Waals surface area contributed by atoms with Gasteiger partial charge in [-0.05, 0) is 40.3 Å². The summed E-state index contributed by atoms with van der Waals surface area (Å²) in [5.41, 5.74) is 4.16. The number of hydrogen-bond donors (Lipinski definition) is 0. The monoisotopic (exact) mass is 246 g/mol. The zero-order valence-corrected chi connectivity index (χ0v) is 11.1. The first-order chi connectivity index (χ1) is 9.35. The average Bonchev–Trinajstić information content (AvgIpc) is 2.44. The molecule has 1 aliphatic rings. The van der Waals surface area contributed by atoms with Crippen molar-refractivity contribution in [2.75, 3.05) is 0 Å². The van der Waals surface area contributed by atoms with Crippen LogP contribution in [0, 0.1) is 0 Å². The van der Waals surface area contributed by atoms with Crippen LogP contribution in [0.3, 0.4) is 0 Å². The Labute approximate surface area is 114 Å². The summed E-state index contributed by atoms with van der Waals surface area (Å²) in [5.74, 6) is 0.465. The third-order valence-corrected chi connectivity index (χ3v) is 3.89.